The molecule has 0 fully saturated rings. The fraction of sp³-hybridized carbons (Fsp3) is 0.263. The molecule has 0 spiro atoms. The second kappa shape index (κ2) is 7.11. The van der Waals surface area contributed by atoms with E-state index in [1.807, 2.05) is 31.1 Å². The van der Waals surface area contributed by atoms with Crippen molar-refractivity contribution >= 4 is 22.8 Å². The lowest BCUT2D eigenvalue weighted by molar-refractivity contribution is 0.414. The van der Waals surface area contributed by atoms with E-state index in [4.69, 9.17) is 4.74 Å². The number of ether oxygens (including phenoxy) is 1. The van der Waals surface area contributed by atoms with Gasteiger partial charge in [0.05, 0.1) is 19.1 Å². The summed E-state index contributed by atoms with van der Waals surface area (Å²) in [4.78, 5) is 10.9. The molecule has 0 bridgehead atoms. The minimum Gasteiger partial charge on any atom is -0.497 e. The number of methoxy groups -OCH3 is 1. The number of aliphatic imine (C=N–C) groups is 1. The molecule has 2 heterocycles. The molecule has 3 rings (SSSR count). The molecule has 2 aromatic heterocycles. The van der Waals surface area contributed by atoms with Gasteiger partial charge >= 0.3 is 0 Å². The Hall–Kier alpha value is -2.60. The van der Waals surface area contributed by atoms with Crippen LogP contribution < -0.4 is 4.74 Å². The Bertz CT molecular complexity index is 891. The topological polar surface area (TPSA) is 42.6 Å². The number of nitrogens with zero attached hydrogens (tertiary/aromatic N) is 4. The van der Waals surface area contributed by atoms with E-state index in [0.717, 1.165) is 33.5 Å². The number of aryl methyl sites for hydroxylation is 1. The monoisotopic (exact) mass is 354 g/mol. The molecule has 0 atom stereocenters. The van der Waals surface area contributed by atoms with Crippen LogP contribution >= 0.6 is 11.3 Å². The van der Waals surface area contributed by atoms with Gasteiger partial charge in [0.15, 0.2) is 0 Å². The summed E-state index contributed by atoms with van der Waals surface area (Å²) < 4.78 is 7.48. The van der Waals surface area contributed by atoms with Crippen LogP contribution in [0.1, 0.15) is 11.4 Å². The molecular formula is C19H22N4OS. The van der Waals surface area contributed by atoms with Crippen molar-refractivity contribution in [2.24, 2.45) is 4.99 Å². The van der Waals surface area contributed by atoms with Crippen LogP contribution in [0, 0.1) is 13.8 Å². The second-order valence-corrected chi connectivity index (χ2v) is 6.88. The van der Waals surface area contributed by atoms with Crippen LogP contribution in [0.3, 0.4) is 0 Å². The summed E-state index contributed by atoms with van der Waals surface area (Å²) >= 11 is 1.55. The van der Waals surface area contributed by atoms with Crippen LogP contribution in [0.15, 0.2) is 40.7 Å². The highest BCUT2D eigenvalue weighted by atomic mass is 32.1. The molecule has 3 aromatic rings. The fourth-order valence-electron chi connectivity index (χ4n) is 2.76. The first kappa shape index (κ1) is 17.2. The maximum absolute atomic E-state index is 5.25. The summed E-state index contributed by atoms with van der Waals surface area (Å²) in [5, 5.41) is 2.82. The molecule has 130 valence electrons. The first-order valence-electron chi connectivity index (χ1n) is 7.99. The van der Waals surface area contributed by atoms with Crippen molar-refractivity contribution in [1.82, 2.24) is 14.5 Å². The second-order valence-electron chi connectivity index (χ2n) is 6.04. The Morgan fingerprint density at radius 2 is 1.92 bits per heavy atom. The number of hydrogen-bond acceptors (Lipinski definition) is 4. The minimum absolute atomic E-state index is 0.762. The zero-order valence-electron chi connectivity index (χ0n) is 15.1. The summed E-state index contributed by atoms with van der Waals surface area (Å²) in [6, 6.07) is 10.3. The molecule has 0 aliphatic carbocycles. The standard InChI is InChI=1S/C19H22N4OS/c1-13-10-17(18-11-25-19(21-18)20-12-22(3)4)14(2)23(13)15-6-8-16(24-5)9-7-15/h6-12H,1-5H3. The summed E-state index contributed by atoms with van der Waals surface area (Å²) in [6.07, 6.45) is 1.77. The average molecular weight is 354 g/mol. The minimum atomic E-state index is 0.762. The van der Waals surface area contributed by atoms with E-state index < -0.39 is 0 Å². The van der Waals surface area contributed by atoms with Crippen molar-refractivity contribution in [3.05, 3.63) is 47.1 Å². The van der Waals surface area contributed by atoms with Crippen molar-refractivity contribution in [2.45, 2.75) is 13.8 Å². The normalized spacial score (nSPS) is 11.2. The van der Waals surface area contributed by atoms with E-state index in [1.165, 1.54) is 5.69 Å². The lowest BCUT2D eigenvalue weighted by atomic mass is 10.2. The number of benzene rings is 1. The highest BCUT2D eigenvalue weighted by Gasteiger charge is 2.14. The largest absolute Gasteiger partial charge is 0.497 e. The van der Waals surface area contributed by atoms with Gasteiger partial charge in [-0.15, -0.1) is 11.3 Å². The van der Waals surface area contributed by atoms with E-state index in [1.54, 1.807) is 24.8 Å². The molecule has 0 saturated carbocycles. The van der Waals surface area contributed by atoms with Crippen LogP contribution in [-0.2, 0) is 0 Å². The molecule has 0 radical (unpaired) electrons. The summed E-state index contributed by atoms with van der Waals surface area (Å²) in [5.74, 6) is 0.856. The van der Waals surface area contributed by atoms with Crippen LogP contribution in [0.25, 0.3) is 16.9 Å². The van der Waals surface area contributed by atoms with Gasteiger partial charge in [-0.3, -0.25) is 0 Å². The highest BCUT2D eigenvalue weighted by Crippen LogP contribution is 2.32. The lowest BCUT2D eigenvalue weighted by Gasteiger charge is -2.10. The van der Waals surface area contributed by atoms with Crippen molar-refractivity contribution in [3.63, 3.8) is 0 Å². The van der Waals surface area contributed by atoms with Gasteiger partial charge in [0.2, 0.25) is 5.13 Å². The number of aromatic nitrogens is 2. The zero-order chi connectivity index (χ0) is 18.0. The van der Waals surface area contributed by atoms with Crippen LogP contribution in [0.2, 0.25) is 0 Å². The molecule has 5 nitrogen and oxygen atoms in total. The third kappa shape index (κ3) is 3.58. The Kier molecular flexibility index (Phi) is 4.90. The van der Waals surface area contributed by atoms with E-state index >= 15 is 0 Å². The molecule has 0 aliphatic rings. The van der Waals surface area contributed by atoms with Gasteiger partial charge in [-0.25, -0.2) is 9.98 Å². The Balaban J connectivity index is 1.96. The van der Waals surface area contributed by atoms with Crippen LogP contribution in [0.5, 0.6) is 5.75 Å². The van der Waals surface area contributed by atoms with Gasteiger partial charge in [-0.05, 0) is 44.2 Å². The van der Waals surface area contributed by atoms with Crippen molar-refractivity contribution in [1.29, 1.82) is 0 Å². The molecular weight excluding hydrogens is 332 g/mol. The molecule has 0 aliphatic heterocycles. The average Bonchev–Trinajstić information content (AvgIpc) is 3.17. The molecule has 0 amide bonds. The number of thiazole rings is 1. The molecule has 25 heavy (non-hydrogen) atoms. The molecule has 0 saturated heterocycles. The van der Waals surface area contributed by atoms with E-state index in [-0.39, 0.29) is 0 Å². The van der Waals surface area contributed by atoms with Crippen LogP contribution in [0.4, 0.5) is 5.13 Å². The maximum atomic E-state index is 5.25. The van der Waals surface area contributed by atoms with E-state index in [2.05, 4.69) is 52.0 Å². The smallest absolute Gasteiger partial charge is 0.211 e. The Labute approximate surface area is 152 Å². The first-order chi connectivity index (χ1) is 12.0. The Morgan fingerprint density at radius 1 is 1.20 bits per heavy atom. The maximum Gasteiger partial charge on any atom is 0.211 e. The molecule has 0 N–H and O–H groups in total. The van der Waals surface area contributed by atoms with Gasteiger partial charge in [-0.1, -0.05) is 0 Å². The summed E-state index contributed by atoms with van der Waals surface area (Å²) in [6.45, 7) is 4.23. The molecule has 6 heteroatoms. The number of rotatable bonds is 5. The van der Waals surface area contributed by atoms with Crippen molar-refractivity contribution in [2.75, 3.05) is 21.2 Å². The highest BCUT2D eigenvalue weighted by molar-refractivity contribution is 7.13. The summed E-state index contributed by atoms with van der Waals surface area (Å²) in [5.41, 5.74) is 5.54. The first-order valence-corrected chi connectivity index (χ1v) is 8.87. The SMILES string of the molecule is COc1ccc(-n2c(C)cc(-c3csc(N=CN(C)C)n3)c2C)cc1. The quantitative estimate of drug-likeness (QED) is 0.502. The third-order valence-corrected chi connectivity index (χ3v) is 4.68. The Morgan fingerprint density at radius 3 is 2.56 bits per heavy atom. The van der Waals surface area contributed by atoms with Gasteiger partial charge in [0.25, 0.3) is 0 Å². The van der Waals surface area contributed by atoms with Gasteiger partial charge < -0.3 is 14.2 Å². The summed E-state index contributed by atoms with van der Waals surface area (Å²) in [7, 11) is 5.57. The molecule has 1 aromatic carbocycles. The molecule has 0 unspecified atom stereocenters. The fourth-order valence-corrected chi connectivity index (χ4v) is 3.42. The number of hydrogen-bond donors (Lipinski definition) is 0. The predicted octanol–water partition coefficient (Wildman–Crippen LogP) is 4.45. The van der Waals surface area contributed by atoms with Gasteiger partial charge in [0, 0.05) is 42.1 Å². The van der Waals surface area contributed by atoms with E-state index in [9.17, 15) is 0 Å². The van der Waals surface area contributed by atoms with E-state index in [0.29, 0.717) is 0 Å². The zero-order valence-corrected chi connectivity index (χ0v) is 16.0. The van der Waals surface area contributed by atoms with Crippen LogP contribution in [-0.4, -0.2) is 42.0 Å². The van der Waals surface area contributed by atoms with Gasteiger partial charge in [0.1, 0.15) is 5.75 Å². The third-order valence-electron chi connectivity index (χ3n) is 3.93. The predicted molar refractivity (Wildman–Crippen MR) is 105 cm³/mol. The van der Waals surface area contributed by atoms with Gasteiger partial charge in [-0.2, -0.15) is 0 Å². The lowest BCUT2D eigenvalue weighted by Crippen LogP contribution is -2.06. The van der Waals surface area contributed by atoms with Crippen molar-refractivity contribution < 1.29 is 4.74 Å². The van der Waals surface area contributed by atoms with Crippen molar-refractivity contribution in [3.8, 4) is 22.7 Å².